The number of allylic oxidation sites excluding steroid dienone is 1. The molecule has 2 bridgehead atoms. The van der Waals surface area contributed by atoms with Crippen molar-refractivity contribution in [1.82, 2.24) is 0 Å². The summed E-state index contributed by atoms with van der Waals surface area (Å²) in [6.07, 6.45) is 6.91. The van der Waals surface area contributed by atoms with E-state index in [0.717, 1.165) is 24.1 Å². The molecule has 2 aliphatic rings. The minimum Gasteiger partial charge on any atom is -0.481 e. The van der Waals surface area contributed by atoms with E-state index in [1.54, 1.807) is 11.5 Å². The number of fused-ring (bicyclic) bond motifs is 2. The number of hydrogen-bond acceptors (Lipinski definition) is 5. The highest BCUT2D eigenvalue weighted by molar-refractivity contribution is 8.04. The van der Waals surface area contributed by atoms with Gasteiger partial charge in [0, 0.05) is 11.5 Å². The van der Waals surface area contributed by atoms with E-state index in [1.165, 1.54) is 18.9 Å². The first-order valence-corrected chi connectivity index (χ1v) is 8.73. The van der Waals surface area contributed by atoms with Gasteiger partial charge >= 0.3 is 11.9 Å². The molecule has 23 heavy (non-hydrogen) atoms. The minimum atomic E-state index is -0.952. The molecule has 0 saturated heterocycles. The molecule has 2 fully saturated rings. The zero-order chi connectivity index (χ0) is 17.7. The van der Waals surface area contributed by atoms with Crippen LogP contribution in [-0.2, 0) is 14.3 Å². The number of nitrogens with zero attached hydrogens (tertiary/aromatic N) is 1. The molecule has 0 spiro atoms. The Labute approximate surface area is 142 Å². The number of hydrogen-bond donors (Lipinski definition) is 1. The van der Waals surface area contributed by atoms with Crippen LogP contribution in [-0.4, -0.2) is 28.9 Å². The van der Waals surface area contributed by atoms with E-state index in [2.05, 4.69) is 20.8 Å². The number of thioether (sulfide) groups is 1. The molecule has 0 radical (unpaired) electrons. The van der Waals surface area contributed by atoms with Gasteiger partial charge in [-0.1, -0.05) is 26.8 Å². The number of carbonyl (C=O) groups is 2. The summed E-state index contributed by atoms with van der Waals surface area (Å²) in [6.45, 7) is 8.78. The number of carboxylic acid groups (broad SMARTS) is 1. The van der Waals surface area contributed by atoms with Crippen LogP contribution in [0.1, 0.15) is 47.0 Å². The number of carbonyl (C=O) groups excluding carboxylic acids is 1. The summed E-state index contributed by atoms with van der Waals surface area (Å²) in [5, 5.41) is 17.3. The highest BCUT2D eigenvalue weighted by atomic mass is 32.2. The average molecular weight is 339 g/mol. The fourth-order valence-corrected chi connectivity index (χ4v) is 3.91. The molecule has 1 unspecified atom stereocenters. The topological polar surface area (TPSA) is 87.4 Å². The molecule has 0 aromatic heterocycles. The third-order valence-corrected chi connectivity index (χ3v) is 6.06. The van der Waals surface area contributed by atoms with Gasteiger partial charge < -0.3 is 9.84 Å². The molecule has 0 aliphatic heterocycles. The number of ether oxygens (including phenoxy) is 1. The second-order valence-corrected chi connectivity index (χ2v) is 7.57. The van der Waals surface area contributed by atoms with Gasteiger partial charge in [-0.25, -0.2) is 4.79 Å². The molecule has 2 aliphatic carbocycles. The summed E-state index contributed by atoms with van der Waals surface area (Å²) >= 11 is 0.722. The lowest BCUT2D eigenvalue weighted by molar-refractivity contribution is -0.150. The maximum absolute atomic E-state index is 11.5. The van der Waals surface area contributed by atoms with Crippen molar-refractivity contribution in [3.05, 3.63) is 12.2 Å². The number of thiocyanates is 1. The minimum absolute atomic E-state index is 0.116. The summed E-state index contributed by atoms with van der Waals surface area (Å²) in [6, 6.07) is 0. The standard InChI is InChI=1S/C14H22O2.C3H3NO2S/c1-5-6-12(15)16-11-9-10-7-8-14(11,4)13(10,2)3;4-2-7-1-3(5)6/h5-6,10-11H,7-9H2,1-4H3;1H2,(H,5,6)/b6-5+;/t10-,11?,14-;/m1./s1. The van der Waals surface area contributed by atoms with Crippen LogP contribution in [0.25, 0.3) is 0 Å². The molecule has 2 saturated carbocycles. The predicted molar refractivity (Wildman–Crippen MR) is 89.6 cm³/mol. The molecule has 5 nitrogen and oxygen atoms in total. The van der Waals surface area contributed by atoms with Gasteiger partial charge in [0.25, 0.3) is 0 Å². The van der Waals surface area contributed by atoms with Gasteiger partial charge in [-0.05, 0) is 49.3 Å². The van der Waals surface area contributed by atoms with Crippen molar-refractivity contribution in [1.29, 1.82) is 5.26 Å². The number of esters is 1. The van der Waals surface area contributed by atoms with Crippen LogP contribution in [0, 0.1) is 27.4 Å². The number of nitriles is 1. The second kappa shape index (κ2) is 7.87. The zero-order valence-electron chi connectivity index (χ0n) is 14.2. The second-order valence-electron chi connectivity index (χ2n) is 6.81. The zero-order valence-corrected chi connectivity index (χ0v) is 15.0. The van der Waals surface area contributed by atoms with E-state index >= 15 is 0 Å². The first-order chi connectivity index (χ1) is 10.7. The molecule has 1 N–H and O–H groups in total. The normalized spacial score (nSPS) is 30.4. The van der Waals surface area contributed by atoms with Gasteiger partial charge in [0.15, 0.2) is 0 Å². The lowest BCUT2D eigenvalue weighted by atomic mass is 9.70. The first kappa shape index (κ1) is 19.6. The van der Waals surface area contributed by atoms with E-state index < -0.39 is 5.97 Å². The summed E-state index contributed by atoms with van der Waals surface area (Å²) in [5.41, 5.74) is 0.489. The van der Waals surface area contributed by atoms with Gasteiger partial charge in [0.2, 0.25) is 0 Å². The number of carboxylic acids is 1. The monoisotopic (exact) mass is 339 g/mol. The Bertz CT molecular complexity index is 523. The average Bonchev–Trinajstić information content (AvgIpc) is 2.79. The van der Waals surface area contributed by atoms with Crippen molar-refractivity contribution in [2.45, 2.75) is 53.1 Å². The molecule has 0 aromatic rings. The maximum atomic E-state index is 11.5. The van der Waals surface area contributed by atoms with E-state index in [0.29, 0.717) is 5.41 Å². The van der Waals surface area contributed by atoms with Crippen molar-refractivity contribution in [3.8, 4) is 5.40 Å². The van der Waals surface area contributed by atoms with E-state index in [9.17, 15) is 9.59 Å². The van der Waals surface area contributed by atoms with Gasteiger partial charge in [-0.15, -0.1) is 0 Å². The fraction of sp³-hybridized carbons (Fsp3) is 0.706. The lowest BCUT2D eigenvalue weighted by Crippen LogP contribution is -2.38. The Morgan fingerprint density at radius 2 is 2.09 bits per heavy atom. The smallest absolute Gasteiger partial charge is 0.330 e. The Balaban J connectivity index is 0.000000322. The quantitative estimate of drug-likeness (QED) is 0.478. The van der Waals surface area contributed by atoms with Crippen LogP contribution in [0.5, 0.6) is 0 Å². The van der Waals surface area contributed by atoms with Crippen molar-refractivity contribution in [3.63, 3.8) is 0 Å². The summed E-state index contributed by atoms with van der Waals surface area (Å²) in [5.74, 6) is -0.541. The molecule has 2 rings (SSSR count). The van der Waals surface area contributed by atoms with Crippen LogP contribution < -0.4 is 0 Å². The van der Waals surface area contributed by atoms with Crippen LogP contribution in [0.3, 0.4) is 0 Å². The molecule has 0 heterocycles. The highest BCUT2D eigenvalue weighted by Gasteiger charge is 2.62. The van der Waals surface area contributed by atoms with Crippen LogP contribution in [0.15, 0.2) is 12.2 Å². The van der Waals surface area contributed by atoms with Crippen molar-refractivity contribution in [2.24, 2.45) is 16.7 Å². The summed E-state index contributed by atoms with van der Waals surface area (Å²) < 4.78 is 5.60. The first-order valence-electron chi connectivity index (χ1n) is 7.75. The van der Waals surface area contributed by atoms with Gasteiger partial charge in [-0.3, -0.25) is 4.79 Å². The van der Waals surface area contributed by atoms with E-state index in [-0.39, 0.29) is 23.2 Å². The molecular weight excluding hydrogens is 314 g/mol. The van der Waals surface area contributed by atoms with Crippen LogP contribution >= 0.6 is 11.8 Å². The van der Waals surface area contributed by atoms with Crippen molar-refractivity contribution in [2.75, 3.05) is 5.75 Å². The largest absolute Gasteiger partial charge is 0.481 e. The molecule has 6 heteroatoms. The Morgan fingerprint density at radius 1 is 1.43 bits per heavy atom. The number of aliphatic carboxylic acids is 1. The summed E-state index contributed by atoms with van der Waals surface area (Å²) in [4.78, 5) is 21.1. The molecule has 0 aromatic carbocycles. The van der Waals surface area contributed by atoms with Crippen molar-refractivity contribution >= 4 is 23.7 Å². The third-order valence-electron chi connectivity index (χ3n) is 5.54. The Morgan fingerprint density at radius 3 is 2.43 bits per heavy atom. The lowest BCUT2D eigenvalue weighted by Gasteiger charge is -2.38. The van der Waals surface area contributed by atoms with Crippen molar-refractivity contribution < 1.29 is 19.4 Å². The Hall–Kier alpha value is -1.48. The molecular formula is C17H25NO4S. The van der Waals surface area contributed by atoms with E-state index in [1.807, 2.05) is 6.92 Å². The van der Waals surface area contributed by atoms with Crippen LogP contribution in [0.2, 0.25) is 0 Å². The third kappa shape index (κ3) is 4.29. The summed E-state index contributed by atoms with van der Waals surface area (Å²) in [7, 11) is 0. The molecule has 3 atom stereocenters. The molecule has 128 valence electrons. The van der Waals surface area contributed by atoms with Gasteiger partial charge in [-0.2, -0.15) is 5.26 Å². The fourth-order valence-electron chi connectivity index (χ4n) is 3.72. The number of rotatable bonds is 4. The predicted octanol–water partition coefficient (Wildman–Crippen LogP) is 3.61. The molecule has 0 amide bonds. The van der Waals surface area contributed by atoms with Crippen LogP contribution in [0.4, 0.5) is 0 Å². The SMILES string of the molecule is C/C=C/C(=O)OC1C[C@H]2CC[C@@]1(C)C2(C)C.N#CSCC(=O)O. The van der Waals surface area contributed by atoms with Gasteiger partial charge in [0.05, 0.1) is 0 Å². The Kier molecular flexibility index (Phi) is 6.69. The highest BCUT2D eigenvalue weighted by Crippen LogP contribution is 2.66. The maximum Gasteiger partial charge on any atom is 0.330 e. The van der Waals surface area contributed by atoms with E-state index in [4.69, 9.17) is 15.1 Å². The van der Waals surface area contributed by atoms with Gasteiger partial charge in [0.1, 0.15) is 17.3 Å².